The fourth-order valence-corrected chi connectivity index (χ4v) is 2.29. The van der Waals surface area contributed by atoms with Gasteiger partial charge in [-0.2, -0.15) is 0 Å². The van der Waals surface area contributed by atoms with E-state index >= 15 is 0 Å². The number of likely N-dealkylation sites (tertiary alicyclic amines) is 1. The Morgan fingerprint density at radius 1 is 1.30 bits per heavy atom. The molecule has 1 unspecified atom stereocenters. The monoisotopic (exact) mass is 299 g/mol. The normalized spacial score (nSPS) is 16.5. The second kappa shape index (κ2) is 8.25. The molecule has 1 atom stereocenters. The number of aliphatic hydroxyl groups is 1. The van der Waals surface area contributed by atoms with Gasteiger partial charge in [0.25, 0.3) is 0 Å². The highest BCUT2D eigenvalue weighted by molar-refractivity contribution is 5.94. The minimum Gasteiger partial charge on any atom is -0.491 e. The van der Waals surface area contributed by atoms with Crippen LogP contribution in [0.25, 0.3) is 0 Å². The van der Waals surface area contributed by atoms with Gasteiger partial charge in [-0.15, -0.1) is 12.4 Å². The van der Waals surface area contributed by atoms with Crippen molar-refractivity contribution in [2.24, 2.45) is 0 Å². The van der Waals surface area contributed by atoms with E-state index in [1.54, 1.807) is 24.3 Å². The van der Waals surface area contributed by atoms with E-state index in [0.717, 1.165) is 13.1 Å². The minimum atomic E-state index is -0.467. The van der Waals surface area contributed by atoms with Gasteiger partial charge in [-0.3, -0.25) is 4.79 Å². The molecule has 0 aromatic heterocycles. The Labute approximate surface area is 126 Å². The molecular formula is C15H22ClNO3. The van der Waals surface area contributed by atoms with E-state index in [-0.39, 0.29) is 24.8 Å². The highest BCUT2D eigenvalue weighted by Crippen LogP contribution is 2.13. The van der Waals surface area contributed by atoms with Crippen LogP contribution < -0.4 is 4.74 Å². The van der Waals surface area contributed by atoms with Crippen LogP contribution in [0.2, 0.25) is 0 Å². The lowest BCUT2D eigenvalue weighted by Gasteiger charge is -2.19. The first-order valence-electron chi connectivity index (χ1n) is 6.79. The van der Waals surface area contributed by atoms with Crippen LogP contribution in [0.15, 0.2) is 24.3 Å². The third-order valence-electron chi connectivity index (χ3n) is 3.37. The van der Waals surface area contributed by atoms with Crippen molar-refractivity contribution >= 4 is 18.2 Å². The molecule has 1 aromatic carbocycles. The number of ketones is 1. The molecule has 0 spiro atoms. The Kier molecular flexibility index (Phi) is 6.99. The molecule has 20 heavy (non-hydrogen) atoms. The molecule has 4 nitrogen and oxygen atoms in total. The number of ether oxygens (including phenoxy) is 1. The molecule has 1 N–H and O–H groups in total. The first kappa shape index (κ1) is 17.0. The first-order chi connectivity index (χ1) is 9.15. The molecule has 1 aliphatic rings. The second-order valence-corrected chi connectivity index (χ2v) is 5.05. The Morgan fingerprint density at radius 3 is 2.45 bits per heavy atom. The number of rotatable bonds is 6. The minimum absolute atomic E-state index is 0. The SMILES string of the molecule is CC(=O)c1ccc(OCC(O)CN2CCCC2)cc1.Cl. The van der Waals surface area contributed by atoms with Crippen LogP contribution in [0, 0.1) is 0 Å². The lowest BCUT2D eigenvalue weighted by molar-refractivity contribution is 0.0758. The van der Waals surface area contributed by atoms with Crippen LogP contribution in [0.1, 0.15) is 30.1 Å². The van der Waals surface area contributed by atoms with Crippen LogP contribution in [0.4, 0.5) is 0 Å². The molecule has 0 bridgehead atoms. The molecule has 1 saturated heterocycles. The Balaban J connectivity index is 0.00000200. The molecule has 0 saturated carbocycles. The van der Waals surface area contributed by atoms with E-state index in [0.29, 0.717) is 17.9 Å². The summed E-state index contributed by atoms with van der Waals surface area (Å²) in [4.78, 5) is 13.4. The predicted octanol–water partition coefficient (Wildman–Crippen LogP) is 2.15. The van der Waals surface area contributed by atoms with Gasteiger partial charge in [-0.05, 0) is 57.1 Å². The van der Waals surface area contributed by atoms with Crippen LogP contribution in [-0.4, -0.2) is 48.1 Å². The van der Waals surface area contributed by atoms with Gasteiger partial charge in [0, 0.05) is 12.1 Å². The molecule has 1 aromatic rings. The number of β-amino-alcohol motifs (C(OH)–C–C–N with tert-alkyl or cyclic N) is 1. The zero-order valence-corrected chi connectivity index (χ0v) is 12.6. The standard InChI is InChI=1S/C15H21NO3.ClH/c1-12(17)13-4-6-15(7-5-13)19-11-14(18)10-16-8-2-3-9-16;/h4-7,14,18H,2-3,8-11H2,1H3;1H. The van der Waals surface area contributed by atoms with Gasteiger partial charge in [0.15, 0.2) is 5.78 Å². The molecule has 1 heterocycles. The van der Waals surface area contributed by atoms with Crippen molar-refractivity contribution in [3.63, 3.8) is 0 Å². The van der Waals surface area contributed by atoms with Gasteiger partial charge in [-0.1, -0.05) is 0 Å². The number of benzene rings is 1. The fourth-order valence-electron chi connectivity index (χ4n) is 2.29. The summed E-state index contributed by atoms with van der Waals surface area (Å²) in [7, 11) is 0. The van der Waals surface area contributed by atoms with Crippen molar-refractivity contribution in [2.45, 2.75) is 25.9 Å². The highest BCUT2D eigenvalue weighted by atomic mass is 35.5. The number of aliphatic hydroxyl groups excluding tert-OH is 1. The number of carbonyl (C=O) groups excluding carboxylic acids is 1. The van der Waals surface area contributed by atoms with Crippen molar-refractivity contribution in [2.75, 3.05) is 26.2 Å². The van der Waals surface area contributed by atoms with Gasteiger partial charge >= 0.3 is 0 Å². The molecule has 2 rings (SSSR count). The Hall–Kier alpha value is -1.10. The average Bonchev–Trinajstić information content (AvgIpc) is 2.89. The summed E-state index contributed by atoms with van der Waals surface area (Å²) >= 11 is 0. The maximum atomic E-state index is 11.1. The van der Waals surface area contributed by atoms with E-state index in [2.05, 4.69) is 4.90 Å². The predicted molar refractivity (Wildman–Crippen MR) is 80.9 cm³/mol. The topological polar surface area (TPSA) is 49.8 Å². The van der Waals surface area contributed by atoms with Crippen LogP contribution in [0.5, 0.6) is 5.75 Å². The summed E-state index contributed by atoms with van der Waals surface area (Å²) in [5.41, 5.74) is 0.671. The van der Waals surface area contributed by atoms with Gasteiger partial charge in [0.1, 0.15) is 18.5 Å². The van der Waals surface area contributed by atoms with Crippen LogP contribution in [-0.2, 0) is 0 Å². The van der Waals surface area contributed by atoms with Gasteiger partial charge in [-0.25, -0.2) is 0 Å². The van der Waals surface area contributed by atoms with Gasteiger partial charge in [0.2, 0.25) is 0 Å². The van der Waals surface area contributed by atoms with E-state index in [4.69, 9.17) is 4.74 Å². The molecule has 5 heteroatoms. The van der Waals surface area contributed by atoms with Crippen molar-refractivity contribution in [1.29, 1.82) is 0 Å². The third kappa shape index (κ3) is 5.12. The molecule has 0 amide bonds. The number of hydrogen-bond donors (Lipinski definition) is 1. The maximum absolute atomic E-state index is 11.1. The zero-order chi connectivity index (χ0) is 13.7. The summed E-state index contributed by atoms with van der Waals surface area (Å²) in [6.07, 6.45) is 1.98. The van der Waals surface area contributed by atoms with Gasteiger partial charge < -0.3 is 14.7 Å². The largest absolute Gasteiger partial charge is 0.491 e. The summed E-state index contributed by atoms with van der Waals surface area (Å²) < 4.78 is 5.52. The zero-order valence-electron chi connectivity index (χ0n) is 11.7. The molecule has 0 aliphatic carbocycles. The quantitative estimate of drug-likeness (QED) is 0.818. The van der Waals surface area contributed by atoms with Crippen molar-refractivity contribution in [1.82, 2.24) is 4.90 Å². The number of Topliss-reactive ketones (excluding diaryl/α,β-unsaturated/α-hetero) is 1. The van der Waals surface area contributed by atoms with Gasteiger partial charge in [0.05, 0.1) is 0 Å². The van der Waals surface area contributed by atoms with Crippen molar-refractivity contribution < 1.29 is 14.6 Å². The summed E-state index contributed by atoms with van der Waals surface area (Å²) in [5.74, 6) is 0.728. The smallest absolute Gasteiger partial charge is 0.159 e. The Morgan fingerprint density at radius 2 is 1.90 bits per heavy atom. The second-order valence-electron chi connectivity index (χ2n) is 5.05. The van der Waals surface area contributed by atoms with E-state index in [9.17, 15) is 9.90 Å². The number of halogens is 1. The maximum Gasteiger partial charge on any atom is 0.159 e. The number of nitrogens with zero attached hydrogens (tertiary/aromatic N) is 1. The van der Waals surface area contributed by atoms with Crippen LogP contribution >= 0.6 is 12.4 Å². The third-order valence-corrected chi connectivity index (χ3v) is 3.37. The van der Waals surface area contributed by atoms with Crippen LogP contribution in [0.3, 0.4) is 0 Å². The summed E-state index contributed by atoms with van der Waals surface area (Å²) in [5, 5.41) is 9.89. The van der Waals surface area contributed by atoms with Crippen molar-refractivity contribution in [3.8, 4) is 5.75 Å². The molecule has 0 radical (unpaired) electrons. The molecular weight excluding hydrogens is 278 g/mol. The molecule has 1 aliphatic heterocycles. The van der Waals surface area contributed by atoms with Crippen molar-refractivity contribution in [3.05, 3.63) is 29.8 Å². The lowest BCUT2D eigenvalue weighted by Crippen LogP contribution is -2.33. The molecule has 112 valence electrons. The summed E-state index contributed by atoms with van der Waals surface area (Å²) in [6.45, 7) is 4.64. The lowest BCUT2D eigenvalue weighted by atomic mass is 10.1. The fraction of sp³-hybridized carbons (Fsp3) is 0.533. The summed E-state index contributed by atoms with van der Waals surface area (Å²) in [6, 6.07) is 7.01. The average molecular weight is 300 g/mol. The number of hydrogen-bond acceptors (Lipinski definition) is 4. The molecule has 1 fully saturated rings. The highest BCUT2D eigenvalue weighted by Gasteiger charge is 2.16. The van der Waals surface area contributed by atoms with E-state index in [1.807, 2.05) is 0 Å². The first-order valence-corrected chi connectivity index (χ1v) is 6.79. The number of carbonyl (C=O) groups is 1. The van der Waals surface area contributed by atoms with E-state index < -0.39 is 6.10 Å². The Bertz CT molecular complexity index is 416. The van der Waals surface area contributed by atoms with E-state index in [1.165, 1.54) is 19.8 Å².